The van der Waals surface area contributed by atoms with E-state index in [2.05, 4.69) is 26.2 Å². The quantitative estimate of drug-likeness (QED) is 0.642. The van der Waals surface area contributed by atoms with Gasteiger partial charge in [0.1, 0.15) is 10.4 Å². The first-order chi connectivity index (χ1) is 10.1. The van der Waals surface area contributed by atoms with Crippen LogP contribution in [0.3, 0.4) is 0 Å². The first kappa shape index (κ1) is 15.3. The molecule has 1 amide bonds. The van der Waals surface area contributed by atoms with Gasteiger partial charge in [-0.05, 0) is 46.6 Å². The lowest BCUT2D eigenvalue weighted by Crippen LogP contribution is -2.15. The van der Waals surface area contributed by atoms with E-state index in [1.807, 2.05) is 25.1 Å². The van der Waals surface area contributed by atoms with Crippen molar-refractivity contribution in [2.45, 2.75) is 13.3 Å². The minimum Gasteiger partial charge on any atom is -0.491 e. The van der Waals surface area contributed by atoms with E-state index in [4.69, 9.17) is 10.5 Å². The molecule has 0 spiro atoms. The Morgan fingerprint density at radius 2 is 2.19 bits per heavy atom. The van der Waals surface area contributed by atoms with Crippen molar-refractivity contribution in [1.82, 2.24) is 4.98 Å². The molecular formula is C15H16BrN3O2. The number of carbonyl (C=O) groups excluding carboxylic acids is 1. The van der Waals surface area contributed by atoms with Crippen LogP contribution in [0.1, 0.15) is 12.0 Å². The lowest BCUT2D eigenvalue weighted by molar-refractivity contribution is -0.116. The second kappa shape index (κ2) is 7.08. The fourth-order valence-electron chi connectivity index (χ4n) is 1.72. The number of carbonyl (C=O) groups is 1. The summed E-state index contributed by atoms with van der Waals surface area (Å²) in [6.07, 6.45) is 1.84. The number of anilines is 2. The molecule has 0 bridgehead atoms. The number of pyridine rings is 1. The summed E-state index contributed by atoms with van der Waals surface area (Å²) in [6.45, 7) is 2.18. The van der Waals surface area contributed by atoms with E-state index in [9.17, 15) is 4.79 Å². The summed E-state index contributed by atoms with van der Waals surface area (Å²) >= 11 is 3.31. The number of aromatic nitrogens is 1. The van der Waals surface area contributed by atoms with Crippen LogP contribution in [0.2, 0.25) is 0 Å². The number of nitrogen functional groups attached to an aromatic ring is 1. The summed E-state index contributed by atoms with van der Waals surface area (Å²) in [5, 5.41) is 2.78. The first-order valence-electron chi connectivity index (χ1n) is 6.45. The molecule has 0 aliphatic rings. The van der Waals surface area contributed by atoms with Crippen LogP contribution in [0.15, 0.2) is 41.1 Å². The van der Waals surface area contributed by atoms with Gasteiger partial charge in [0.25, 0.3) is 0 Å². The minimum atomic E-state index is -0.131. The number of para-hydroxylation sites is 2. The number of aryl methyl sites for hydroxylation is 1. The second-order valence-corrected chi connectivity index (χ2v) is 5.27. The van der Waals surface area contributed by atoms with Crippen molar-refractivity contribution < 1.29 is 9.53 Å². The van der Waals surface area contributed by atoms with Crippen LogP contribution in [0.4, 0.5) is 11.4 Å². The highest BCUT2D eigenvalue weighted by Gasteiger charge is 2.06. The number of hydrogen-bond acceptors (Lipinski definition) is 4. The SMILES string of the molecule is Cc1cc(NC(=O)CCOc2ccccc2N)cnc1Br. The summed E-state index contributed by atoms with van der Waals surface area (Å²) in [4.78, 5) is 15.9. The molecule has 2 rings (SSSR count). The number of nitrogens with two attached hydrogens (primary N) is 1. The van der Waals surface area contributed by atoms with Crippen molar-refractivity contribution in [2.75, 3.05) is 17.7 Å². The third-order valence-corrected chi connectivity index (χ3v) is 3.63. The van der Waals surface area contributed by atoms with Gasteiger partial charge < -0.3 is 15.8 Å². The van der Waals surface area contributed by atoms with E-state index in [-0.39, 0.29) is 18.9 Å². The molecule has 0 aliphatic heterocycles. The van der Waals surface area contributed by atoms with E-state index < -0.39 is 0 Å². The maximum atomic E-state index is 11.8. The molecule has 1 heterocycles. The highest BCUT2D eigenvalue weighted by atomic mass is 79.9. The van der Waals surface area contributed by atoms with Crippen molar-refractivity contribution in [2.24, 2.45) is 0 Å². The third kappa shape index (κ3) is 4.46. The molecule has 6 heteroatoms. The Balaban J connectivity index is 1.82. The molecule has 3 N–H and O–H groups in total. The van der Waals surface area contributed by atoms with Crippen LogP contribution < -0.4 is 15.8 Å². The van der Waals surface area contributed by atoms with Gasteiger partial charge in [-0.1, -0.05) is 12.1 Å². The largest absolute Gasteiger partial charge is 0.491 e. The number of nitrogens with one attached hydrogen (secondary N) is 1. The number of halogens is 1. The van der Waals surface area contributed by atoms with Gasteiger partial charge in [-0.3, -0.25) is 4.79 Å². The second-order valence-electron chi connectivity index (χ2n) is 4.52. The maximum Gasteiger partial charge on any atom is 0.227 e. The normalized spacial score (nSPS) is 10.2. The third-order valence-electron chi connectivity index (χ3n) is 2.80. The van der Waals surface area contributed by atoms with Gasteiger partial charge in [-0.15, -0.1) is 0 Å². The van der Waals surface area contributed by atoms with E-state index in [1.165, 1.54) is 0 Å². The standard InChI is InChI=1S/C15H16BrN3O2/c1-10-8-11(9-18-15(10)16)19-14(20)6-7-21-13-5-3-2-4-12(13)17/h2-5,8-9H,6-7,17H2,1H3,(H,19,20). The molecule has 0 saturated carbocycles. The molecule has 1 aromatic carbocycles. The molecule has 0 aliphatic carbocycles. The van der Waals surface area contributed by atoms with Crippen LogP contribution in [0, 0.1) is 6.92 Å². The molecule has 21 heavy (non-hydrogen) atoms. The topological polar surface area (TPSA) is 77.2 Å². The first-order valence-corrected chi connectivity index (χ1v) is 7.25. The Morgan fingerprint density at radius 1 is 1.43 bits per heavy atom. The summed E-state index contributed by atoms with van der Waals surface area (Å²) in [6, 6.07) is 9.05. The van der Waals surface area contributed by atoms with Crippen LogP contribution in [0.5, 0.6) is 5.75 Å². The fourth-order valence-corrected chi connectivity index (χ4v) is 1.93. The molecule has 0 atom stereocenters. The summed E-state index contributed by atoms with van der Waals surface area (Å²) in [5.74, 6) is 0.458. The predicted octanol–water partition coefficient (Wildman–Crippen LogP) is 3.14. The van der Waals surface area contributed by atoms with Crippen LogP contribution >= 0.6 is 15.9 Å². The van der Waals surface area contributed by atoms with Crippen LogP contribution in [-0.4, -0.2) is 17.5 Å². The number of ether oxygens (including phenoxy) is 1. The molecule has 0 radical (unpaired) electrons. The Bertz CT molecular complexity index is 647. The van der Waals surface area contributed by atoms with E-state index in [1.54, 1.807) is 18.3 Å². The van der Waals surface area contributed by atoms with Crippen molar-refractivity contribution in [3.05, 3.63) is 46.7 Å². The van der Waals surface area contributed by atoms with Crippen LogP contribution in [0.25, 0.3) is 0 Å². The van der Waals surface area contributed by atoms with Gasteiger partial charge in [0.2, 0.25) is 5.91 Å². The van der Waals surface area contributed by atoms with Crippen molar-refractivity contribution >= 4 is 33.2 Å². The fraction of sp³-hybridized carbons (Fsp3) is 0.200. The molecule has 0 unspecified atom stereocenters. The Hall–Kier alpha value is -2.08. The summed E-state index contributed by atoms with van der Waals surface area (Å²) in [7, 11) is 0. The number of amides is 1. The lowest BCUT2D eigenvalue weighted by Gasteiger charge is -2.09. The molecule has 110 valence electrons. The monoisotopic (exact) mass is 349 g/mol. The average molecular weight is 350 g/mol. The molecule has 0 saturated heterocycles. The molecular weight excluding hydrogens is 334 g/mol. The van der Waals surface area contributed by atoms with Gasteiger partial charge in [0, 0.05) is 0 Å². The lowest BCUT2D eigenvalue weighted by atomic mass is 10.3. The average Bonchev–Trinajstić information content (AvgIpc) is 2.45. The van der Waals surface area contributed by atoms with E-state index in [0.717, 1.165) is 10.2 Å². The van der Waals surface area contributed by atoms with Crippen molar-refractivity contribution in [1.29, 1.82) is 0 Å². The minimum absolute atomic E-state index is 0.131. The van der Waals surface area contributed by atoms with E-state index >= 15 is 0 Å². The summed E-state index contributed by atoms with van der Waals surface area (Å²) < 4.78 is 6.25. The van der Waals surface area contributed by atoms with E-state index in [0.29, 0.717) is 17.1 Å². The molecule has 2 aromatic rings. The highest BCUT2D eigenvalue weighted by molar-refractivity contribution is 9.10. The summed E-state index contributed by atoms with van der Waals surface area (Å²) in [5.41, 5.74) is 7.94. The Labute approximate surface area is 131 Å². The zero-order valence-electron chi connectivity index (χ0n) is 11.6. The number of benzene rings is 1. The Kier molecular flexibility index (Phi) is 5.16. The zero-order chi connectivity index (χ0) is 15.2. The maximum absolute atomic E-state index is 11.8. The van der Waals surface area contributed by atoms with Gasteiger partial charge in [-0.2, -0.15) is 0 Å². The molecule has 0 fully saturated rings. The Morgan fingerprint density at radius 3 is 2.90 bits per heavy atom. The highest BCUT2D eigenvalue weighted by Crippen LogP contribution is 2.20. The van der Waals surface area contributed by atoms with Crippen molar-refractivity contribution in [3.63, 3.8) is 0 Å². The van der Waals surface area contributed by atoms with Crippen LogP contribution in [-0.2, 0) is 4.79 Å². The number of rotatable bonds is 5. The van der Waals surface area contributed by atoms with Gasteiger partial charge >= 0.3 is 0 Å². The van der Waals surface area contributed by atoms with Gasteiger partial charge in [0.15, 0.2) is 0 Å². The van der Waals surface area contributed by atoms with Gasteiger partial charge in [-0.25, -0.2) is 4.98 Å². The number of hydrogen-bond donors (Lipinski definition) is 2. The molecule has 1 aromatic heterocycles. The smallest absolute Gasteiger partial charge is 0.227 e. The van der Waals surface area contributed by atoms with Crippen molar-refractivity contribution in [3.8, 4) is 5.75 Å². The predicted molar refractivity (Wildman–Crippen MR) is 86.3 cm³/mol. The van der Waals surface area contributed by atoms with Gasteiger partial charge in [0.05, 0.1) is 30.6 Å². The zero-order valence-corrected chi connectivity index (χ0v) is 13.2. The molecule has 5 nitrogen and oxygen atoms in total. The number of nitrogens with zero attached hydrogens (tertiary/aromatic N) is 1.